The van der Waals surface area contributed by atoms with Gasteiger partial charge >= 0.3 is 0 Å². The first kappa shape index (κ1) is 23.1. The fourth-order valence-corrected chi connectivity index (χ4v) is 3.95. The van der Waals surface area contributed by atoms with Gasteiger partial charge in [-0.25, -0.2) is 0 Å². The van der Waals surface area contributed by atoms with E-state index in [-0.39, 0.29) is 0 Å². The van der Waals surface area contributed by atoms with E-state index in [1.807, 2.05) is 51.4 Å². The van der Waals surface area contributed by atoms with Crippen LogP contribution >= 0.6 is 0 Å². The van der Waals surface area contributed by atoms with Crippen molar-refractivity contribution in [2.24, 2.45) is 0 Å². The van der Waals surface area contributed by atoms with Crippen molar-refractivity contribution < 1.29 is 9.47 Å². The molecular formula is C27H29N5O2. The predicted molar refractivity (Wildman–Crippen MR) is 136 cm³/mol. The predicted octanol–water partition coefficient (Wildman–Crippen LogP) is 5.41. The van der Waals surface area contributed by atoms with Crippen LogP contribution < -0.4 is 14.8 Å². The zero-order valence-electron chi connectivity index (χ0n) is 20.2. The van der Waals surface area contributed by atoms with Crippen LogP contribution in [-0.2, 0) is 0 Å². The molecule has 0 saturated heterocycles. The first-order valence-corrected chi connectivity index (χ1v) is 11.1. The third-order valence-corrected chi connectivity index (χ3v) is 5.80. The third kappa shape index (κ3) is 4.68. The lowest BCUT2D eigenvalue weighted by atomic mass is 10.0. The normalized spacial score (nSPS) is 11.0. The number of hydrogen-bond donors (Lipinski definition) is 2. The molecular weight excluding hydrogens is 426 g/mol. The molecule has 4 aromatic rings. The molecule has 7 heteroatoms. The second kappa shape index (κ2) is 9.86. The molecule has 7 nitrogen and oxygen atoms in total. The Morgan fingerprint density at radius 1 is 1.09 bits per heavy atom. The molecule has 0 aliphatic heterocycles. The summed E-state index contributed by atoms with van der Waals surface area (Å²) in [6, 6.07) is 14.3. The van der Waals surface area contributed by atoms with Crippen LogP contribution in [0.5, 0.6) is 11.5 Å². The summed E-state index contributed by atoms with van der Waals surface area (Å²) in [5.41, 5.74) is 7.09. The van der Waals surface area contributed by atoms with E-state index >= 15 is 0 Å². The number of rotatable bonds is 8. The van der Waals surface area contributed by atoms with Crippen molar-refractivity contribution in [2.75, 3.05) is 39.7 Å². The maximum absolute atomic E-state index is 9.82. The molecule has 0 saturated carbocycles. The highest BCUT2D eigenvalue weighted by Gasteiger charge is 2.16. The quantitative estimate of drug-likeness (QED) is 0.369. The zero-order chi connectivity index (χ0) is 24.2. The van der Waals surface area contributed by atoms with Gasteiger partial charge in [0, 0.05) is 46.8 Å². The molecule has 0 amide bonds. The SMILES string of the molecule is COc1cc(-c2cncc(C#N)c2Nc2ccc3[nH]c(C)cc3c2C)ccc1OCCN(C)C. The van der Waals surface area contributed by atoms with Crippen molar-refractivity contribution >= 4 is 22.3 Å². The molecule has 2 N–H and O–H groups in total. The number of aromatic amines is 1. The summed E-state index contributed by atoms with van der Waals surface area (Å²) in [5, 5.41) is 14.5. The zero-order valence-corrected chi connectivity index (χ0v) is 20.2. The average molecular weight is 456 g/mol. The number of aryl methyl sites for hydroxylation is 2. The van der Waals surface area contributed by atoms with Crippen LogP contribution in [0.1, 0.15) is 16.8 Å². The molecule has 0 spiro atoms. The number of likely N-dealkylation sites (N-methyl/N-ethyl adjacent to an activating group) is 1. The van der Waals surface area contributed by atoms with Crippen LogP contribution in [0, 0.1) is 25.2 Å². The molecule has 34 heavy (non-hydrogen) atoms. The van der Waals surface area contributed by atoms with Gasteiger partial charge in [0.15, 0.2) is 11.5 Å². The van der Waals surface area contributed by atoms with Crippen LogP contribution in [0.15, 0.2) is 48.8 Å². The standard InChI is InChI=1S/C27H29N5O2/c1-17-12-21-18(2)23(7-8-24(21)30-17)31-27-20(14-28)15-29-16-22(27)19-6-9-25(26(13-19)33-5)34-11-10-32(3)4/h6-9,12-13,15-16,30H,10-11H2,1-5H3,(H,29,31). The summed E-state index contributed by atoms with van der Waals surface area (Å²) in [4.78, 5) is 9.74. The summed E-state index contributed by atoms with van der Waals surface area (Å²) >= 11 is 0. The van der Waals surface area contributed by atoms with E-state index in [9.17, 15) is 5.26 Å². The van der Waals surface area contributed by atoms with Crippen molar-refractivity contribution in [3.8, 4) is 28.7 Å². The number of fused-ring (bicyclic) bond motifs is 1. The Balaban J connectivity index is 1.73. The maximum atomic E-state index is 9.82. The number of pyridine rings is 1. The Bertz CT molecular complexity index is 1370. The van der Waals surface area contributed by atoms with Gasteiger partial charge in [0.05, 0.1) is 18.4 Å². The number of ether oxygens (including phenoxy) is 2. The molecule has 2 aromatic heterocycles. The van der Waals surface area contributed by atoms with E-state index in [4.69, 9.17) is 9.47 Å². The monoisotopic (exact) mass is 455 g/mol. The minimum absolute atomic E-state index is 0.465. The number of anilines is 2. The summed E-state index contributed by atoms with van der Waals surface area (Å²) in [5.74, 6) is 1.31. The molecule has 174 valence electrons. The van der Waals surface area contributed by atoms with Gasteiger partial charge in [0.25, 0.3) is 0 Å². The van der Waals surface area contributed by atoms with E-state index in [2.05, 4.69) is 39.2 Å². The van der Waals surface area contributed by atoms with Crippen molar-refractivity contribution in [3.63, 3.8) is 0 Å². The second-order valence-electron chi connectivity index (χ2n) is 8.52. The minimum atomic E-state index is 0.465. The summed E-state index contributed by atoms with van der Waals surface area (Å²) in [6.07, 6.45) is 3.34. The Morgan fingerprint density at radius 2 is 1.91 bits per heavy atom. The fraction of sp³-hybridized carbons (Fsp3) is 0.259. The molecule has 0 aliphatic rings. The highest BCUT2D eigenvalue weighted by molar-refractivity contribution is 5.92. The lowest BCUT2D eigenvalue weighted by Gasteiger charge is -2.17. The highest BCUT2D eigenvalue weighted by Crippen LogP contribution is 2.38. The molecule has 0 unspecified atom stereocenters. The first-order chi connectivity index (χ1) is 16.4. The Labute approximate surface area is 200 Å². The van der Waals surface area contributed by atoms with Gasteiger partial charge in [-0.2, -0.15) is 5.26 Å². The van der Waals surface area contributed by atoms with Crippen molar-refractivity contribution in [1.29, 1.82) is 5.26 Å². The van der Waals surface area contributed by atoms with Crippen molar-refractivity contribution in [3.05, 3.63) is 65.6 Å². The van der Waals surface area contributed by atoms with E-state index in [0.29, 0.717) is 29.4 Å². The summed E-state index contributed by atoms with van der Waals surface area (Å²) in [7, 11) is 5.63. The van der Waals surface area contributed by atoms with Crippen LogP contribution in [0.2, 0.25) is 0 Å². The Morgan fingerprint density at radius 3 is 2.65 bits per heavy atom. The molecule has 0 bridgehead atoms. The molecule has 4 rings (SSSR count). The first-order valence-electron chi connectivity index (χ1n) is 11.1. The smallest absolute Gasteiger partial charge is 0.161 e. The largest absolute Gasteiger partial charge is 0.493 e. The highest BCUT2D eigenvalue weighted by atomic mass is 16.5. The number of nitrogens with one attached hydrogen (secondary N) is 2. The van der Waals surface area contributed by atoms with Gasteiger partial charge in [-0.15, -0.1) is 0 Å². The average Bonchev–Trinajstić information content (AvgIpc) is 3.22. The van der Waals surface area contributed by atoms with E-state index in [1.54, 1.807) is 19.5 Å². The number of H-pyrrole nitrogens is 1. The number of aromatic nitrogens is 2. The van der Waals surface area contributed by atoms with Gasteiger partial charge in [-0.05, 0) is 69.4 Å². The second-order valence-corrected chi connectivity index (χ2v) is 8.52. The summed E-state index contributed by atoms with van der Waals surface area (Å²) < 4.78 is 11.5. The topological polar surface area (TPSA) is 86.2 Å². The number of nitriles is 1. The number of nitrogens with zero attached hydrogens (tertiary/aromatic N) is 3. The lowest BCUT2D eigenvalue weighted by molar-refractivity contribution is 0.251. The third-order valence-electron chi connectivity index (χ3n) is 5.80. The van der Waals surface area contributed by atoms with Gasteiger partial charge in [-0.3, -0.25) is 4.98 Å². The number of benzene rings is 2. The van der Waals surface area contributed by atoms with Crippen LogP contribution in [0.3, 0.4) is 0 Å². The molecule has 2 heterocycles. The van der Waals surface area contributed by atoms with Crippen molar-refractivity contribution in [2.45, 2.75) is 13.8 Å². The Kier molecular flexibility index (Phi) is 6.71. The van der Waals surface area contributed by atoms with E-state index in [1.165, 1.54) is 0 Å². The molecule has 0 aliphatic carbocycles. The molecule has 0 radical (unpaired) electrons. The van der Waals surface area contributed by atoms with Crippen molar-refractivity contribution in [1.82, 2.24) is 14.9 Å². The summed E-state index contributed by atoms with van der Waals surface area (Å²) in [6.45, 7) is 5.48. The van der Waals surface area contributed by atoms with Gasteiger partial charge in [-0.1, -0.05) is 6.07 Å². The van der Waals surface area contributed by atoms with Gasteiger partial charge in [0.1, 0.15) is 12.7 Å². The van der Waals surface area contributed by atoms with Crippen LogP contribution in [0.4, 0.5) is 11.4 Å². The minimum Gasteiger partial charge on any atom is -0.493 e. The van der Waals surface area contributed by atoms with Gasteiger partial charge in [0.2, 0.25) is 0 Å². The maximum Gasteiger partial charge on any atom is 0.161 e. The molecule has 2 aromatic carbocycles. The number of methoxy groups -OCH3 is 1. The number of hydrogen-bond acceptors (Lipinski definition) is 6. The fourth-order valence-electron chi connectivity index (χ4n) is 3.95. The molecule has 0 fully saturated rings. The Hall–Kier alpha value is -4.02. The van der Waals surface area contributed by atoms with Crippen LogP contribution in [0.25, 0.3) is 22.0 Å². The molecule has 0 atom stereocenters. The van der Waals surface area contributed by atoms with Gasteiger partial charge < -0.3 is 24.7 Å². The lowest BCUT2D eigenvalue weighted by Crippen LogP contribution is -2.19. The van der Waals surface area contributed by atoms with Crippen LogP contribution in [-0.4, -0.2) is 49.2 Å². The van der Waals surface area contributed by atoms with E-state index in [0.717, 1.165) is 45.5 Å². The van der Waals surface area contributed by atoms with E-state index < -0.39 is 0 Å².